The van der Waals surface area contributed by atoms with Crippen LogP contribution in [0.15, 0.2) is 30.4 Å². The van der Waals surface area contributed by atoms with E-state index in [2.05, 4.69) is 0 Å². The number of carbonyl (C=O) groups is 1. The van der Waals surface area contributed by atoms with Crippen molar-refractivity contribution in [1.29, 1.82) is 0 Å². The van der Waals surface area contributed by atoms with Crippen molar-refractivity contribution in [2.75, 3.05) is 18.0 Å². The number of Topliss-reactive ketones (excluding diaryl/α,β-unsaturated/α-hetero) is 1. The Kier molecular flexibility index (Phi) is 2.54. The Morgan fingerprint density at radius 3 is 2.53 bits per heavy atom. The van der Waals surface area contributed by atoms with Crippen LogP contribution in [0.5, 0.6) is 0 Å². The first kappa shape index (κ1) is 9.90. The van der Waals surface area contributed by atoms with E-state index < -0.39 is 0 Å². The predicted molar refractivity (Wildman–Crippen MR) is 57.8 cm³/mol. The Balaban J connectivity index is 2.30. The van der Waals surface area contributed by atoms with E-state index in [1.165, 1.54) is 13.0 Å². The van der Waals surface area contributed by atoms with E-state index in [1.807, 2.05) is 17.1 Å². The fourth-order valence-corrected chi connectivity index (χ4v) is 1.66. The topological polar surface area (TPSA) is 20.3 Å². The van der Waals surface area contributed by atoms with Crippen LogP contribution in [-0.2, 0) is 0 Å². The Morgan fingerprint density at radius 2 is 2.00 bits per heavy atom. The van der Waals surface area contributed by atoms with Gasteiger partial charge in [0.2, 0.25) is 0 Å². The molecule has 1 aromatic rings. The third-order valence-corrected chi connectivity index (χ3v) is 2.51. The summed E-state index contributed by atoms with van der Waals surface area (Å²) in [7, 11) is 0. The standard InChI is InChI=1S/C12H12FNO/c1-9(15)10-4-5-12(11(13)8-10)14-6-2-3-7-14/h2-5,8H,6-7H2,1H3. The fraction of sp³-hybridized carbons (Fsp3) is 0.250. The lowest BCUT2D eigenvalue weighted by Crippen LogP contribution is -2.19. The minimum Gasteiger partial charge on any atom is -0.362 e. The number of carbonyl (C=O) groups excluding carboxylic acids is 1. The maximum atomic E-state index is 13.6. The van der Waals surface area contributed by atoms with E-state index in [0.29, 0.717) is 11.3 Å². The molecule has 0 spiro atoms. The van der Waals surface area contributed by atoms with Gasteiger partial charge in [-0.05, 0) is 25.1 Å². The molecule has 1 aliphatic rings. The number of hydrogen-bond donors (Lipinski definition) is 0. The molecule has 0 bridgehead atoms. The highest BCUT2D eigenvalue weighted by molar-refractivity contribution is 5.94. The quantitative estimate of drug-likeness (QED) is 0.546. The molecule has 1 aliphatic heterocycles. The monoisotopic (exact) mass is 205 g/mol. The maximum absolute atomic E-state index is 13.6. The molecule has 0 unspecified atom stereocenters. The van der Waals surface area contributed by atoms with Crippen molar-refractivity contribution in [3.8, 4) is 0 Å². The molecule has 0 fully saturated rings. The van der Waals surface area contributed by atoms with Gasteiger partial charge in [-0.25, -0.2) is 4.39 Å². The molecule has 78 valence electrons. The number of hydrogen-bond acceptors (Lipinski definition) is 2. The Morgan fingerprint density at radius 1 is 1.33 bits per heavy atom. The number of benzene rings is 1. The second-order valence-electron chi connectivity index (χ2n) is 3.60. The van der Waals surface area contributed by atoms with Crippen LogP contribution in [0.1, 0.15) is 17.3 Å². The maximum Gasteiger partial charge on any atom is 0.159 e. The summed E-state index contributed by atoms with van der Waals surface area (Å²) in [5.41, 5.74) is 0.980. The number of rotatable bonds is 2. The summed E-state index contributed by atoms with van der Waals surface area (Å²) in [6.45, 7) is 2.90. The number of ketones is 1. The molecule has 0 N–H and O–H groups in total. The Hall–Kier alpha value is -1.64. The molecule has 1 heterocycles. The van der Waals surface area contributed by atoms with Gasteiger partial charge >= 0.3 is 0 Å². The summed E-state index contributed by atoms with van der Waals surface area (Å²) in [6.07, 6.45) is 4.00. The average molecular weight is 205 g/mol. The van der Waals surface area contributed by atoms with Crippen molar-refractivity contribution in [2.45, 2.75) is 6.92 Å². The second-order valence-corrected chi connectivity index (χ2v) is 3.60. The zero-order chi connectivity index (χ0) is 10.8. The van der Waals surface area contributed by atoms with E-state index in [4.69, 9.17) is 0 Å². The van der Waals surface area contributed by atoms with Gasteiger partial charge in [0.05, 0.1) is 5.69 Å². The van der Waals surface area contributed by atoms with E-state index >= 15 is 0 Å². The highest BCUT2D eigenvalue weighted by atomic mass is 19.1. The van der Waals surface area contributed by atoms with Crippen LogP contribution in [0.2, 0.25) is 0 Å². The van der Waals surface area contributed by atoms with Crippen LogP contribution in [0.25, 0.3) is 0 Å². The molecule has 0 aromatic heterocycles. The van der Waals surface area contributed by atoms with Gasteiger partial charge in [-0.1, -0.05) is 12.2 Å². The van der Waals surface area contributed by atoms with Crippen LogP contribution < -0.4 is 4.90 Å². The van der Waals surface area contributed by atoms with Crippen molar-refractivity contribution in [2.24, 2.45) is 0 Å². The Bertz CT molecular complexity index is 418. The van der Waals surface area contributed by atoms with Crippen LogP contribution in [0, 0.1) is 5.82 Å². The molecular weight excluding hydrogens is 193 g/mol. The molecule has 3 heteroatoms. The molecule has 2 nitrogen and oxygen atoms in total. The molecular formula is C12H12FNO. The lowest BCUT2D eigenvalue weighted by Gasteiger charge is -2.18. The lowest BCUT2D eigenvalue weighted by molar-refractivity contribution is 0.101. The third kappa shape index (κ3) is 1.91. The second kappa shape index (κ2) is 3.85. The molecule has 0 amide bonds. The molecule has 0 aliphatic carbocycles. The zero-order valence-corrected chi connectivity index (χ0v) is 8.53. The molecule has 0 saturated heterocycles. The number of nitrogens with zero attached hydrogens (tertiary/aromatic N) is 1. The van der Waals surface area contributed by atoms with Gasteiger partial charge in [-0.3, -0.25) is 4.79 Å². The van der Waals surface area contributed by atoms with Gasteiger partial charge in [0, 0.05) is 18.7 Å². The molecule has 2 rings (SSSR count). The van der Waals surface area contributed by atoms with Gasteiger partial charge in [-0.15, -0.1) is 0 Å². The summed E-state index contributed by atoms with van der Waals surface area (Å²) < 4.78 is 13.6. The van der Waals surface area contributed by atoms with E-state index in [1.54, 1.807) is 12.1 Å². The van der Waals surface area contributed by atoms with E-state index in [0.717, 1.165) is 13.1 Å². The lowest BCUT2D eigenvalue weighted by atomic mass is 10.1. The smallest absolute Gasteiger partial charge is 0.159 e. The molecule has 1 aromatic carbocycles. The van der Waals surface area contributed by atoms with Crippen molar-refractivity contribution < 1.29 is 9.18 Å². The highest BCUT2D eigenvalue weighted by Crippen LogP contribution is 2.22. The molecule has 0 radical (unpaired) electrons. The minimum absolute atomic E-state index is 0.111. The molecule has 0 atom stereocenters. The van der Waals surface area contributed by atoms with Gasteiger partial charge in [-0.2, -0.15) is 0 Å². The van der Waals surface area contributed by atoms with Gasteiger partial charge in [0.1, 0.15) is 5.82 Å². The van der Waals surface area contributed by atoms with Crippen molar-refractivity contribution in [3.63, 3.8) is 0 Å². The first-order valence-electron chi connectivity index (χ1n) is 4.89. The van der Waals surface area contributed by atoms with Crippen LogP contribution in [0.3, 0.4) is 0 Å². The fourth-order valence-electron chi connectivity index (χ4n) is 1.66. The summed E-state index contributed by atoms with van der Waals surface area (Å²) in [5.74, 6) is -0.439. The first-order chi connectivity index (χ1) is 7.18. The number of anilines is 1. The van der Waals surface area contributed by atoms with Crippen molar-refractivity contribution in [3.05, 3.63) is 41.7 Å². The van der Waals surface area contributed by atoms with Crippen LogP contribution in [-0.4, -0.2) is 18.9 Å². The molecule has 15 heavy (non-hydrogen) atoms. The van der Waals surface area contributed by atoms with Gasteiger partial charge in [0.25, 0.3) is 0 Å². The predicted octanol–water partition coefficient (Wildman–Crippen LogP) is 2.40. The summed E-state index contributed by atoms with van der Waals surface area (Å²) in [6, 6.07) is 4.63. The van der Waals surface area contributed by atoms with Crippen molar-refractivity contribution in [1.82, 2.24) is 0 Å². The Labute approximate surface area is 88.0 Å². The van der Waals surface area contributed by atoms with Crippen molar-refractivity contribution >= 4 is 11.5 Å². The average Bonchev–Trinajstić information content (AvgIpc) is 2.70. The number of halogens is 1. The van der Waals surface area contributed by atoms with Crippen LogP contribution >= 0.6 is 0 Å². The first-order valence-corrected chi connectivity index (χ1v) is 4.89. The minimum atomic E-state index is -0.327. The normalized spacial score (nSPS) is 14.7. The third-order valence-electron chi connectivity index (χ3n) is 2.51. The van der Waals surface area contributed by atoms with E-state index in [9.17, 15) is 9.18 Å². The van der Waals surface area contributed by atoms with Crippen LogP contribution in [0.4, 0.5) is 10.1 Å². The van der Waals surface area contributed by atoms with Gasteiger partial charge < -0.3 is 4.90 Å². The summed E-state index contributed by atoms with van der Waals surface area (Å²) in [5, 5.41) is 0. The molecule has 0 saturated carbocycles. The van der Waals surface area contributed by atoms with E-state index in [-0.39, 0.29) is 11.6 Å². The zero-order valence-electron chi connectivity index (χ0n) is 8.53. The van der Waals surface area contributed by atoms with Gasteiger partial charge in [0.15, 0.2) is 5.78 Å². The SMILES string of the molecule is CC(=O)c1ccc(N2CC=CC2)c(F)c1. The summed E-state index contributed by atoms with van der Waals surface area (Å²) >= 11 is 0. The largest absolute Gasteiger partial charge is 0.362 e. The summed E-state index contributed by atoms with van der Waals surface area (Å²) in [4.78, 5) is 13.0. The highest BCUT2D eigenvalue weighted by Gasteiger charge is 2.13.